The molecule has 114 valence electrons. The van der Waals surface area contributed by atoms with E-state index in [1.165, 1.54) is 10.6 Å². The molecule has 0 unspecified atom stereocenters. The first kappa shape index (κ1) is 15.7. The summed E-state index contributed by atoms with van der Waals surface area (Å²) >= 11 is 1.77. The van der Waals surface area contributed by atoms with E-state index in [2.05, 4.69) is 44.4 Å². The zero-order valence-electron chi connectivity index (χ0n) is 13.4. The Hall–Kier alpha value is -0.650. The number of piperazine rings is 1. The topological polar surface area (TPSA) is 45.4 Å². The fourth-order valence-corrected chi connectivity index (χ4v) is 3.83. The average Bonchev–Trinajstić information content (AvgIpc) is 2.83. The molecule has 4 nitrogen and oxygen atoms in total. The highest BCUT2D eigenvalue weighted by Crippen LogP contribution is 2.34. The van der Waals surface area contributed by atoms with Gasteiger partial charge in [-0.1, -0.05) is 20.8 Å². The maximum atomic E-state index is 5.90. The van der Waals surface area contributed by atoms with Crippen LogP contribution in [0.3, 0.4) is 0 Å². The zero-order chi connectivity index (χ0) is 14.9. The van der Waals surface area contributed by atoms with Gasteiger partial charge in [0.05, 0.1) is 5.69 Å². The van der Waals surface area contributed by atoms with Crippen molar-refractivity contribution in [2.45, 2.75) is 52.6 Å². The van der Waals surface area contributed by atoms with E-state index in [1.807, 2.05) is 0 Å². The molecule has 2 N–H and O–H groups in total. The average molecular weight is 296 g/mol. The van der Waals surface area contributed by atoms with Crippen molar-refractivity contribution in [3.05, 3.63) is 10.6 Å². The number of hydrogen-bond donors (Lipinski definition) is 1. The molecular weight excluding hydrogens is 268 g/mol. The number of nitrogens with zero attached hydrogens (tertiary/aromatic N) is 3. The van der Waals surface area contributed by atoms with Crippen molar-refractivity contribution in [3.63, 3.8) is 0 Å². The highest BCUT2D eigenvalue weighted by atomic mass is 32.1. The van der Waals surface area contributed by atoms with Crippen molar-refractivity contribution in [3.8, 4) is 0 Å². The van der Waals surface area contributed by atoms with Crippen molar-refractivity contribution in [1.29, 1.82) is 0 Å². The fourth-order valence-electron chi connectivity index (χ4n) is 2.63. The Labute approximate surface area is 127 Å². The molecule has 1 aromatic heterocycles. The Morgan fingerprint density at radius 2 is 1.80 bits per heavy atom. The molecule has 0 aromatic carbocycles. The maximum absolute atomic E-state index is 5.90. The number of thiazole rings is 1. The molecule has 0 radical (unpaired) electrons. The van der Waals surface area contributed by atoms with Crippen molar-refractivity contribution in [2.75, 3.05) is 31.1 Å². The second-order valence-corrected chi connectivity index (χ2v) is 7.90. The first-order valence-corrected chi connectivity index (χ1v) is 8.34. The monoisotopic (exact) mass is 296 g/mol. The van der Waals surface area contributed by atoms with E-state index in [4.69, 9.17) is 10.7 Å². The van der Waals surface area contributed by atoms with Gasteiger partial charge in [0.15, 0.2) is 5.13 Å². The van der Waals surface area contributed by atoms with Gasteiger partial charge in [0.25, 0.3) is 0 Å². The maximum Gasteiger partial charge on any atom is 0.185 e. The summed E-state index contributed by atoms with van der Waals surface area (Å²) in [5.41, 5.74) is 7.14. The van der Waals surface area contributed by atoms with Crippen LogP contribution < -0.4 is 10.6 Å². The first-order chi connectivity index (χ1) is 9.32. The minimum atomic E-state index is 0.0726. The molecule has 2 rings (SSSR count). The van der Waals surface area contributed by atoms with Gasteiger partial charge in [-0.05, 0) is 13.8 Å². The molecule has 20 heavy (non-hydrogen) atoms. The van der Waals surface area contributed by atoms with Crippen LogP contribution in [-0.4, -0.2) is 42.1 Å². The Kier molecular flexibility index (Phi) is 4.72. The van der Waals surface area contributed by atoms with Gasteiger partial charge in [-0.3, -0.25) is 4.90 Å². The predicted molar refractivity (Wildman–Crippen MR) is 87.6 cm³/mol. The predicted octanol–water partition coefficient (Wildman–Crippen LogP) is 2.43. The van der Waals surface area contributed by atoms with Crippen LogP contribution in [0.2, 0.25) is 0 Å². The summed E-state index contributed by atoms with van der Waals surface area (Å²) in [5, 5.41) is 1.15. The van der Waals surface area contributed by atoms with Gasteiger partial charge in [-0.2, -0.15) is 0 Å². The van der Waals surface area contributed by atoms with E-state index < -0.39 is 0 Å². The molecule has 0 atom stereocenters. The molecule has 1 aliphatic heterocycles. The lowest BCUT2D eigenvalue weighted by atomic mass is 9.91. The van der Waals surface area contributed by atoms with E-state index in [9.17, 15) is 0 Å². The lowest BCUT2D eigenvalue weighted by Gasteiger charge is -2.36. The van der Waals surface area contributed by atoms with Crippen molar-refractivity contribution in [1.82, 2.24) is 9.88 Å². The Balaban J connectivity index is 2.13. The number of rotatable bonds is 3. The molecule has 0 spiro atoms. The molecule has 1 aliphatic rings. The third-order valence-electron chi connectivity index (χ3n) is 3.90. The minimum absolute atomic E-state index is 0.0726. The van der Waals surface area contributed by atoms with Gasteiger partial charge in [-0.25, -0.2) is 4.98 Å². The molecule has 0 aliphatic carbocycles. The van der Waals surface area contributed by atoms with Crippen molar-refractivity contribution in [2.24, 2.45) is 5.73 Å². The lowest BCUT2D eigenvalue weighted by molar-refractivity contribution is 0.209. The quantitative estimate of drug-likeness (QED) is 0.930. The zero-order valence-corrected chi connectivity index (χ0v) is 14.3. The van der Waals surface area contributed by atoms with Crippen LogP contribution in [0, 0.1) is 0 Å². The second kappa shape index (κ2) is 6.00. The van der Waals surface area contributed by atoms with Gasteiger partial charge in [0.1, 0.15) is 0 Å². The van der Waals surface area contributed by atoms with E-state index in [1.54, 1.807) is 11.3 Å². The molecule has 1 aromatic rings. The molecule has 2 heterocycles. The first-order valence-electron chi connectivity index (χ1n) is 7.52. The summed E-state index contributed by atoms with van der Waals surface area (Å²) < 4.78 is 0. The van der Waals surface area contributed by atoms with Crippen LogP contribution in [0.5, 0.6) is 0 Å². The van der Waals surface area contributed by atoms with Crippen molar-refractivity contribution < 1.29 is 0 Å². The van der Waals surface area contributed by atoms with Gasteiger partial charge < -0.3 is 10.6 Å². The summed E-state index contributed by atoms with van der Waals surface area (Å²) in [7, 11) is 0. The van der Waals surface area contributed by atoms with Gasteiger partial charge in [0.2, 0.25) is 0 Å². The molecule has 1 saturated heterocycles. The van der Waals surface area contributed by atoms with Gasteiger partial charge in [-0.15, -0.1) is 11.3 Å². The third-order valence-corrected chi connectivity index (χ3v) is 5.04. The summed E-state index contributed by atoms with van der Waals surface area (Å²) in [4.78, 5) is 11.1. The van der Waals surface area contributed by atoms with E-state index in [0.717, 1.165) is 31.3 Å². The van der Waals surface area contributed by atoms with Crippen LogP contribution in [-0.2, 0) is 12.0 Å². The van der Waals surface area contributed by atoms with Crippen LogP contribution in [0.15, 0.2) is 0 Å². The normalized spacial score (nSPS) is 18.1. The molecular formula is C15H28N4S. The molecule has 1 fully saturated rings. The molecule has 0 amide bonds. The SMILES string of the molecule is CC(C)N1CCN(c2nc(C(C)(C)C)c(CN)s2)CC1. The standard InChI is InChI=1S/C15H28N4S/c1-11(2)18-6-8-19(9-7-18)14-17-13(15(3,4)5)12(10-16)20-14/h11H,6-10,16H2,1-5H3. The van der Waals surface area contributed by atoms with Crippen LogP contribution in [0.1, 0.15) is 45.2 Å². The van der Waals surface area contributed by atoms with E-state index in [-0.39, 0.29) is 5.41 Å². The highest BCUT2D eigenvalue weighted by Gasteiger charge is 2.26. The van der Waals surface area contributed by atoms with Crippen molar-refractivity contribution >= 4 is 16.5 Å². The van der Waals surface area contributed by atoms with Crippen LogP contribution >= 0.6 is 11.3 Å². The lowest BCUT2D eigenvalue weighted by Crippen LogP contribution is -2.48. The second-order valence-electron chi connectivity index (χ2n) is 6.84. The molecule has 0 bridgehead atoms. The third kappa shape index (κ3) is 3.32. The Morgan fingerprint density at radius 3 is 2.20 bits per heavy atom. The smallest absolute Gasteiger partial charge is 0.185 e. The summed E-state index contributed by atoms with van der Waals surface area (Å²) in [6.45, 7) is 16.1. The molecule has 5 heteroatoms. The Morgan fingerprint density at radius 1 is 1.20 bits per heavy atom. The minimum Gasteiger partial charge on any atom is -0.346 e. The highest BCUT2D eigenvalue weighted by molar-refractivity contribution is 7.15. The number of hydrogen-bond acceptors (Lipinski definition) is 5. The Bertz CT molecular complexity index is 439. The van der Waals surface area contributed by atoms with E-state index >= 15 is 0 Å². The number of aromatic nitrogens is 1. The molecule has 0 saturated carbocycles. The van der Waals surface area contributed by atoms with Gasteiger partial charge in [0, 0.05) is 49.1 Å². The largest absolute Gasteiger partial charge is 0.346 e. The number of anilines is 1. The van der Waals surface area contributed by atoms with Gasteiger partial charge >= 0.3 is 0 Å². The fraction of sp³-hybridized carbons (Fsp3) is 0.800. The van der Waals surface area contributed by atoms with Crippen LogP contribution in [0.4, 0.5) is 5.13 Å². The number of nitrogens with two attached hydrogens (primary N) is 1. The summed E-state index contributed by atoms with van der Waals surface area (Å²) in [6.07, 6.45) is 0. The summed E-state index contributed by atoms with van der Waals surface area (Å²) in [5.74, 6) is 0. The summed E-state index contributed by atoms with van der Waals surface area (Å²) in [6, 6.07) is 0.637. The van der Waals surface area contributed by atoms with E-state index in [0.29, 0.717) is 12.6 Å². The van der Waals surface area contributed by atoms with Crippen LogP contribution in [0.25, 0.3) is 0 Å².